The Morgan fingerprint density at radius 3 is 2.96 bits per heavy atom. The molecule has 0 unspecified atom stereocenters. The fraction of sp³-hybridized carbons (Fsp3) is 0.333. The number of aryl methyl sites for hydroxylation is 2. The van der Waals surface area contributed by atoms with Crippen LogP contribution in [0, 0.1) is 18.3 Å². The van der Waals surface area contributed by atoms with Crippen LogP contribution >= 0.6 is 0 Å². The van der Waals surface area contributed by atoms with Gasteiger partial charge in [0.2, 0.25) is 5.91 Å². The SMILES string of the molecule is Cc1cc2nc3n(c(=O)c2n1CC(=O)Nc1cccc(C#N)c1)CCCCC3. The second-order valence-corrected chi connectivity index (χ2v) is 7.14. The molecule has 2 aromatic heterocycles. The lowest BCUT2D eigenvalue weighted by Crippen LogP contribution is -2.28. The number of nitrogens with one attached hydrogen (secondary N) is 1. The van der Waals surface area contributed by atoms with Gasteiger partial charge in [0.25, 0.3) is 5.56 Å². The summed E-state index contributed by atoms with van der Waals surface area (Å²) in [5.74, 6) is 0.583. The molecule has 0 spiro atoms. The molecule has 0 aliphatic carbocycles. The van der Waals surface area contributed by atoms with Crippen LogP contribution in [-0.2, 0) is 24.3 Å². The number of aromatic nitrogens is 3. The standard InChI is InChI=1S/C21H21N5O2/c1-14-10-17-20(21(28)25-9-4-2-3-8-18(25)24-17)26(14)13-19(27)23-16-7-5-6-15(11-16)12-22/h5-7,10-11H,2-4,8-9,13H2,1H3,(H,23,27). The van der Waals surface area contributed by atoms with Crippen LogP contribution in [0.4, 0.5) is 5.69 Å². The number of rotatable bonds is 3. The molecule has 0 saturated heterocycles. The Morgan fingerprint density at radius 2 is 2.14 bits per heavy atom. The minimum absolute atomic E-state index is 0.0163. The van der Waals surface area contributed by atoms with Crippen molar-refractivity contribution in [2.24, 2.45) is 0 Å². The van der Waals surface area contributed by atoms with Crippen LogP contribution in [0.25, 0.3) is 11.0 Å². The summed E-state index contributed by atoms with van der Waals surface area (Å²) in [5, 5.41) is 11.8. The van der Waals surface area contributed by atoms with Crippen LogP contribution in [-0.4, -0.2) is 20.0 Å². The first-order chi connectivity index (χ1) is 13.6. The number of benzene rings is 1. The first-order valence-corrected chi connectivity index (χ1v) is 9.46. The maximum absolute atomic E-state index is 13.1. The summed E-state index contributed by atoms with van der Waals surface area (Å²) >= 11 is 0. The van der Waals surface area contributed by atoms with Gasteiger partial charge in [0, 0.05) is 24.3 Å². The first-order valence-electron chi connectivity index (χ1n) is 9.46. The summed E-state index contributed by atoms with van der Waals surface area (Å²) in [4.78, 5) is 30.4. The molecule has 0 bridgehead atoms. The maximum Gasteiger partial charge on any atom is 0.278 e. The highest BCUT2D eigenvalue weighted by atomic mass is 16.2. The van der Waals surface area contributed by atoms with E-state index in [2.05, 4.69) is 11.4 Å². The van der Waals surface area contributed by atoms with E-state index in [1.165, 1.54) is 0 Å². The van der Waals surface area contributed by atoms with Gasteiger partial charge in [0.15, 0.2) is 0 Å². The molecule has 0 atom stereocenters. The van der Waals surface area contributed by atoms with Crippen LogP contribution in [0.5, 0.6) is 0 Å². The molecule has 4 rings (SSSR count). The van der Waals surface area contributed by atoms with Gasteiger partial charge in [-0.15, -0.1) is 0 Å². The molecule has 142 valence electrons. The van der Waals surface area contributed by atoms with Crippen LogP contribution in [0.1, 0.15) is 36.3 Å². The topological polar surface area (TPSA) is 92.7 Å². The smallest absolute Gasteiger partial charge is 0.278 e. The summed E-state index contributed by atoms with van der Waals surface area (Å²) in [7, 11) is 0. The maximum atomic E-state index is 13.1. The van der Waals surface area contributed by atoms with Gasteiger partial charge >= 0.3 is 0 Å². The molecule has 1 aliphatic heterocycles. The lowest BCUT2D eigenvalue weighted by atomic mass is 10.2. The number of amides is 1. The van der Waals surface area contributed by atoms with E-state index in [1.54, 1.807) is 33.4 Å². The highest BCUT2D eigenvalue weighted by Crippen LogP contribution is 2.19. The first kappa shape index (κ1) is 18.0. The number of nitriles is 1. The minimum atomic E-state index is -0.255. The van der Waals surface area contributed by atoms with Gasteiger partial charge in [0.05, 0.1) is 17.1 Å². The molecule has 1 N–H and O–H groups in total. The molecule has 1 aromatic carbocycles. The van der Waals surface area contributed by atoms with Crippen LogP contribution in [0.15, 0.2) is 35.1 Å². The molecular weight excluding hydrogens is 354 g/mol. The van der Waals surface area contributed by atoms with E-state index in [0.29, 0.717) is 28.8 Å². The van der Waals surface area contributed by atoms with Crippen LogP contribution in [0.3, 0.4) is 0 Å². The fourth-order valence-electron chi connectivity index (χ4n) is 3.78. The van der Waals surface area contributed by atoms with E-state index in [1.807, 2.05) is 13.0 Å². The Bertz CT molecular complexity index is 1170. The van der Waals surface area contributed by atoms with E-state index < -0.39 is 0 Å². The predicted molar refractivity (Wildman–Crippen MR) is 106 cm³/mol. The van der Waals surface area contributed by atoms with Crippen molar-refractivity contribution >= 4 is 22.6 Å². The van der Waals surface area contributed by atoms with Crippen molar-refractivity contribution in [2.45, 2.75) is 45.7 Å². The number of fused-ring (bicyclic) bond motifs is 2. The Balaban J connectivity index is 1.67. The Kier molecular flexibility index (Phi) is 4.70. The number of nitrogens with zero attached hydrogens (tertiary/aromatic N) is 4. The lowest BCUT2D eigenvalue weighted by molar-refractivity contribution is -0.116. The zero-order chi connectivity index (χ0) is 19.7. The summed E-state index contributed by atoms with van der Waals surface area (Å²) in [6.45, 7) is 2.57. The summed E-state index contributed by atoms with van der Waals surface area (Å²) in [6.07, 6.45) is 3.92. The third kappa shape index (κ3) is 3.29. The van der Waals surface area contributed by atoms with Crippen molar-refractivity contribution in [3.63, 3.8) is 0 Å². The molecule has 0 radical (unpaired) electrons. The molecule has 0 saturated carbocycles. The van der Waals surface area contributed by atoms with Crippen molar-refractivity contribution in [3.8, 4) is 6.07 Å². The van der Waals surface area contributed by atoms with E-state index in [-0.39, 0.29) is 18.0 Å². The Hall–Kier alpha value is -3.40. The zero-order valence-electron chi connectivity index (χ0n) is 15.7. The van der Waals surface area contributed by atoms with Crippen molar-refractivity contribution in [1.82, 2.24) is 14.1 Å². The number of carbonyl (C=O) groups is 1. The number of anilines is 1. The second-order valence-electron chi connectivity index (χ2n) is 7.14. The van der Waals surface area contributed by atoms with Crippen molar-refractivity contribution in [3.05, 3.63) is 57.8 Å². The number of hydrogen-bond acceptors (Lipinski definition) is 4. The molecule has 0 fully saturated rings. The number of carbonyl (C=O) groups excluding carboxylic acids is 1. The molecule has 3 aromatic rings. The zero-order valence-corrected chi connectivity index (χ0v) is 15.7. The quantitative estimate of drug-likeness (QED) is 0.762. The van der Waals surface area contributed by atoms with Gasteiger partial charge in [0.1, 0.15) is 17.9 Å². The summed E-state index contributed by atoms with van der Waals surface area (Å²) in [5.41, 5.74) is 2.90. The molecular formula is C21H21N5O2. The second kappa shape index (κ2) is 7.31. The van der Waals surface area contributed by atoms with Gasteiger partial charge in [-0.3, -0.25) is 14.2 Å². The van der Waals surface area contributed by atoms with E-state index >= 15 is 0 Å². The Labute approximate surface area is 162 Å². The normalized spacial score (nSPS) is 13.6. The fourth-order valence-corrected chi connectivity index (χ4v) is 3.78. The Morgan fingerprint density at radius 1 is 1.29 bits per heavy atom. The van der Waals surface area contributed by atoms with E-state index in [0.717, 1.165) is 37.2 Å². The average molecular weight is 375 g/mol. The minimum Gasteiger partial charge on any atom is -0.330 e. The molecule has 7 heteroatoms. The van der Waals surface area contributed by atoms with Crippen molar-refractivity contribution < 1.29 is 4.79 Å². The average Bonchev–Trinajstić information content (AvgIpc) is 2.84. The van der Waals surface area contributed by atoms with Crippen LogP contribution < -0.4 is 10.9 Å². The van der Waals surface area contributed by atoms with E-state index in [4.69, 9.17) is 10.2 Å². The van der Waals surface area contributed by atoms with Crippen LogP contribution in [0.2, 0.25) is 0 Å². The van der Waals surface area contributed by atoms with Crippen molar-refractivity contribution in [2.75, 3.05) is 5.32 Å². The molecule has 3 heterocycles. The van der Waals surface area contributed by atoms with Gasteiger partial charge < -0.3 is 9.88 Å². The van der Waals surface area contributed by atoms with E-state index in [9.17, 15) is 9.59 Å². The van der Waals surface area contributed by atoms with Gasteiger partial charge in [-0.2, -0.15) is 5.26 Å². The van der Waals surface area contributed by atoms with Gasteiger partial charge in [-0.1, -0.05) is 12.5 Å². The highest BCUT2D eigenvalue weighted by molar-refractivity contribution is 5.92. The monoisotopic (exact) mass is 375 g/mol. The number of hydrogen-bond donors (Lipinski definition) is 1. The molecule has 1 aliphatic rings. The molecule has 7 nitrogen and oxygen atoms in total. The molecule has 28 heavy (non-hydrogen) atoms. The lowest BCUT2D eigenvalue weighted by Gasteiger charge is -2.12. The summed E-state index contributed by atoms with van der Waals surface area (Å²) in [6, 6.07) is 10.7. The third-order valence-electron chi connectivity index (χ3n) is 5.15. The summed E-state index contributed by atoms with van der Waals surface area (Å²) < 4.78 is 3.49. The largest absolute Gasteiger partial charge is 0.330 e. The molecule has 1 amide bonds. The highest BCUT2D eigenvalue weighted by Gasteiger charge is 2.19. The predicted octanol–water partition coefficient (Wildman–Crippen LogP) is 2.74. The van der Waals surface area contributed by atoms with Crippen molar-refractivity contribution in [1.29, 1.82) is 5.26 Å². The third-order valence-corrected chi connectivity index (χ3v) is 5.15. The van der Waals surface area contributed by atoms with Gasteiger partial charge in [-0.05, 0) is 44.0 Å². The van der Waals surface area contributed by atoms with Gasteiger partial charge in [-0.25, -0.2) is 4.98 Å².